The van der Waals surface area contributed by atoms with Gasteiger partial charge in [0.15, 0.2) is 12.2 Å². The molecule has 3 N–H and O–H groups in total. The third-order valence-corrected chi connectivity index (χ3v) is 22.8. The third-order valence-electron chi connectivity index (χ3n) is 20.9. The zero-order chi connectivity index (χ0) is 77.6. The number of rotatable bonds is 87. The summed E-state index contributed by atoms with van der Waals surface area (Å²) < 4.78 is 68.9. The fraction of sp³-hybridized carbons (Fsp3) is 0.954. The number of hydrogen-bond donors (Lipinski definition) is 3. The first kappa shape index (κ1) is 104. The molecule has 0 aromatic heterocycles. The number of ether oxygens (including phenoxy) is 4. The number of unbranched alkanes of at least 4 members (excludes halogenated alkanes) is 58. The molecule has 0 saturated heterocycles. The Morgan fingerprint density at radius 1 is 0.264 bits per heavy atom. The van der Waals surface area contributed by atoms with Crippen LogP contribution in [0.4, 0.5) is 0 Å². The molecule has 630 valence electrons. The quantitative estimate of drug-likeness (QED) is 0.0222. The van der Waals surface area contributed by atoms with Gasteiger partial charge in [0.05, 0.1) is 26.4 Å². The normalized spacial score (nSPS) is 14.0. The van der Waals surface area contributed by atoms with Crippen molar-refractivity contribution in [2.24, 2.45) is 5.92 Å². The number of carbonyl (C=O) groups excluding carboxylic acids is 4. The van der Waals surface area contributed by atoms with Gasteiger partial charge in [0.1, 0.15) is 19.3 Å². The SMILES string of the molecule is CCCCCCCCCCCCCCCCCCCCCC(=O)OC[C@H](COP(=O)(O)OC[C@@H](O)COP(=O)(O)OC[C@@H](COC(=O)CCCCCCCCC(C)CC)OC(=O)CCCCCCCCCCCCCCCCCCCC)OC(=O)CCCCCCCCCCCCCCCCCCCCC. The lowest BCUT2D eigenvalue weighted by Crippen LogP contribution is -2.30. The van der Waals surface area contributed by atoms with Gasteiger partial charge < -0.3 is 33.8 Å². The van der Waals surface area contributed by atoms with E-state index in [2.05, 4.69) is 34.6 Å². The minimum absolute atomic E-state index is 0.108. The summed E-state index contributed by atoms with van der Waals surface area (Å²) in [7, 11) is -9.93. The molecule has 0 aliphatic rings. The van der Waals surface area contributed by atoms with Crippen molar-refractivity contribution in [1.82, 2.24) is 0 Å². The predicted octanol–water partition coefficient (Wildman–Crippen LogP) is 26.8. The molecule has 0 aliphatic carbocycles. The van der Waals surface area contributed by atoms with Crippen molar-refractivity contribution in [3.05, 3.63) is 0 Å². The van der Waals surface area contributed by atoms with Crippen LogP contribution in [0, 0.1) is 5.92 Å². The van der Waals surface area contributed by atoms with E-state index in [0.29, 0.717) is 25.7 Å². The Bertz CT molecular complexity index is 2020. The lowest BCUT2D eigenvalue weighted by atomic mass is 10.00. The van der Waals surface area contributed by atoms with Crippen molar-refractivity contribution >= 4 is 39.5 Å². The summed E-state index contributed by atoms with van der Waals surface area (Å²) in [5, 5.41) is 10.7. The average Bonchev–Trinajstić information content (AvgIpc) is 0.901. The molecule has 0 bridgehead atoms. The molecule has 17 nitrogen and oxygen atoms in total. The Balaban J connectivity index is 5.23. The Morgan fingerprint density at radius 2 is 0.453 bits per heavy atom. The van der Waals surface area contributed by atoms with Gasteiger partial charge in [0, 0.05) is 25.7 Å². The third kappa shape index (κ3) is 78.7. The molecule has 0 rings (SSSR count). The highest BCUT2D eigenvalue weighted by Gasteiger charge is 2.30. The minimum Gasteiger partial charge on any atom is -0.462 e. The van der Waals surface area contributed by atoms with Gasteiger partial charge in [-0.2, -0.15) is 0 Å². The van der Waals surface area contributed by atoms with E-state index in [1.54, 1.807) is 0 Å². The topological polar surface area (TPSA) is 237 Å². The van der Waals surface area contributed by atoms with Crippen LogP contribution in [0.25, 0.3) is 0 Å². The summed E-state index contributed by atoms with van der Waals surface area (Å²) >= 11 is 0. The smallest absolute Gasteiger partial charge is 0.462 e. The maximum Gasteiger partial charge on any atom is 0.472 e. The molecule has 0 aliphatic heterocycles. The second-order valence-corrected chi connectivity index (χ2v) is 34.4. The first-order valence-electron chi connectivity index (χ1n) is 45.2. The van der Waals surface area contributed by atoms with Gasteiger partial charge in [-0.3, -0.25) is 37.3 Å². The Hall–Kier alpha value is -1.94. The van der Waals surface area contributed by atoms with E-state index in [1.165, 1.54) is 289 Å². The highest BCUT2D eigenvalue weighted by molar-refractivity contribution is 7.47. The van der Waals surface area contributed by atoms with Crippen molar-refractivity contribution < 1.29 is 80.2 Å². The molecule has 6 atom stereocenters. The van der Waals surface area contributed by atoms with Crippen molar-refractivity contribution in [3.63, 3.8) is 0 Å². The Labute approximate surface area is 651 Å². The van der Waals surface area contributed by atoms with Crippen molar-refractivity contribution in [2.45, 2.75) is 490 Å². The largest absolute Gasteiger partial charge is 0.472 e. The zero-order valence-corrected chi connectivity index (χ0v) is 71.4. The van der Waals surface area contributed by atoms with Crippen LogP contribution in [-0.2, 0) is 65.4 Å². The molecule has 3 unspecified atom stereocenters. The summed E-state index contributed by atoms with van der Waals surface area (Å²) in [4.78, 5) is 73.3. The van der Waals surface area contributed by atoms with Crippen LogP contribution in [0.3, 0.4) is 0 Å². The maximum absolute atomic E-state index is 13.2. The van der Waals surface area contributed by atoms with Crippen LogP contribution >= 0.6 is 15.6 Å². The molecule has 0 spiro atoms. The van der Waals surface area contributed by atoms with E-state index >= 15 is 0 Å². The number of phosphoric acid groups is 2. The molecule has 0 heterocycles. The van der Waals surface area contributed by atoms with E-state index in [0.717, 1.165) is 102 Å². The minimum atomic E-state index is -4.97. The van der Waals surface area contributed by atoms with Crippen molar-refractivity contribution in [3.8, 4) is 0 Å². The first-order valence-corrected chi connectivity index (χ1v) is 48.2. The zero-order valence-electron chi connectivity index (χ0n) is 69.6. The fourth-order valence-corrected chi connectivity index (χ4v) is 15.2. The molecule has 0 aromatic carbocycles. The van der Waals surface area contributed by atoms with Crippen LogP contribution in [-0.4, -0.2) is 96.7 Å². The van der Waals surface area contributed by atoms with Crippen LogP contribution in [0.15, 0.2) is 0 Å². The molecule has 19 heteroatoms. The summed E-state index contributed by atoms with van der Waals surface area (Å²) in [5.41, 5.74) is 0. The monoisotopic (exact) mass is 1550 g/mol. The average molecular weight is 1550 g/mol. The molecule has 0 aromatic rings. The number of aliphatic hydroxyl groups excluding tert-OH is 1. The second-order valence-electron chi connectivity index (χ2n) is 31.5. The lowest BCUT2D eigenvalue weighted by Gasteiger charge is -2.21. The number of phosphoric ester groups is 2. The van der Waals surface area contributed by atoms with Gasteiger partial charge in [-0.15, -0.1) is 0 Å². The standard InChI is InChI=1S/C87H170O17P2/c1-6-10-13-16-19-22-25-28-31-34-37-40-42-45-48-51-54-60-65-70-84(89)97-76-82(103-86(91)72-67-63-56-53-50-47-44-41-38-35-32-29-26-23-20-17-14-11-7-2)78-101-105(93,94)99-74-81(88)75-100-106(95,96)102-79-83(77-98-85(90)71-66-61-58-57-59-64-69-80(5)9-4)104-87(92)73-68-62-55-52-49-46-43-39-36-33-30-27-24-21-18-15-12-8-3/h80-83,88H,6-79H2,1-5H3,(H,93,94)(H,95,96)/t80?,81-,82-,83-/m1/s1. The summed E-state index contributed by atoms with van der Waals surface area (Å²) in [6, 6.07) is 0. The fourth-order valence-electron chi connectivity index (χ4n) is 13.6. The van der Waals surface area contributed by atoms with Gasteiger partial charge >= 0.3 is 39.5 Å². The lowest BCUT2D eigenvalue weighted by molar-refractivity contribution is -0.161. The highest BCUT2D eigenvalue weighted by atomic mass is 31.2. The van der Waals surface area contributed by atoms with Gasteiger partial charge in [-0.25, -0.2) is 9.13 Å². The second kappa shape index (κ2) is 79.7. The summed E-state index contributed by atoms with van der Waals surface area (Å²) in [6.45, 7) is 7.33. The van der Waals surface area contributed by atoms with E-state index in [4.69, 9.17) is 37.0 Å². The van der Waals surface area contributed by atoms with Crippen molar-refractivity contribution in [1.29, 1.82) is 0 Å². The van der Waals surface area contributed by atoms with Gasteiger partial charge in [0.2, 0.25) is 0 Å². The Morgan fingerprint density at radius 3 is 0.670 bits per heavy atom. The van der Waals surface area contributed by atoms with Crippen molar-refractivity contribution in [2.75, 3.05) is 39.6 Å². The predicted molar refractivity (Wildman–Crippen MR) is 437 cm³/mol. The number of hydrogen-bond acceptors (Lipinski definition) is 15. The molecule has 106 heavy (non-hydrogen) atoms. The van der Waals surface area contributed by atoms with E-state index in [-0.39, 0.29) is 25.7 Å². The molecular weight excluding hydrogens is 1380 g/mol. The van der Waals surface area contributed by atoms with E-state index < -0.39 is 97.5 Å². The summed E-state index contributed by atoms with van der Waals surface area (Å²) in [6.07, 6.45) is 73.7. The van der Waals surface area contributed by atoms with Gasteiger partial charge in [-0.05, 0) is 31.6 Å². The van der Waals surface area contributed by atoms with E-state index in [1.807, 2.05) is 0 Å². The highest BCUT2D eigenvalue weighted by Crippen LogP contribution is 2.45. The molecule has 0 fully saturated rings. The first-order chi connectivity index (χ1) is 51.6. The number of aliphatic hydroxyl groups is 1. The van der Waals surface area contributed by atoms with Crippen LogP contribution < -0.4 is 0 Å². The van der Waals surface area contributed by atoms with Crippen LogP contribution in [0.1, 0.15) is 471 Å². The molecule has 0 saturated carbocycles. The number of carbonyl (C=O) groups is 4. The van der Waals surface area contributed by atoms with E-state index in [9.17, 15) is 43.2 Å². The number of esters is 4. The van der Waals surface area contributed by atoms with Gasteiger partial charge in [0.25, 0.3) is 0 Å². The van der Waals surface area contributed by atoms with Gasteiger partial charge in [-0.1, -0.05) is 420 Å². The maximum atomic E-state index is 13.2. The molecule has 0 radical (unpaired) electrons. The summed E-state index contributed by atoms with van der Waals surface area (Å²) in [5.74, 6) is -1.37. The molecule has 0 amide bonds. The molecular formula is C87H170O17P2. The van der Waals surface area contributed by atoms with Crippen LogP contribution in [0.5, 0.6) is 0 Å². The Kier molecular flexibility index (Phi) is 78.2. The van der Waals surface area contributed by atoms with Crippen LogP contribution in [0.2, 0.25) is 0 Å².